The van der Waals surface area contributed by atoms with Crippen LogP contribution in [0.4, 0.5) is 5.69 Å². The van der Waals surface area contributed by atoms with Crippen LogP contribution < -0.4 is 5.32 Å². The molecule has 6 aromatic rings. The monoisotopic (exact) mass is 592 g/mol. The van der Waals surface area contributed by atoms with Gasteiger partial charge in [-0.1, -0.05) is 109 Å². The maximum Gasteiger partial charge on any atom is 0.135 e. The number of nitrogens with zero attached hydrogens (tertiary/aromatic N) is 1. The highest BCUT2D eigenvalue weighted by Gasteiger charge is 2.25. The summed E-state index contributed by atoms with van der Waals surface area (Å²) in [4.78, 5) is 0. The minimum absolute atomic E-state index is 0.0233. The number of anilines is 1. The molecule has 2 unspecified atom stereocenters. The van der Waals surface area contributed by atoms with Crippen molar-refractivity contribution in [2.24, 2.45) is 0 Å². The van der Waals surface area contributed by atoms with Gasteiger partial charge in [0.1, 0.15) is 6.23 Å². The summed E-state index contributed by atoms with van der Waals surface area (Å²) in [5.41, 5.74) is 8.58. The van der Waals surface area contributed by atoms with E-state index in [0.29, 0.717) is 6.61 Å². The Morgan fingerprint density at radius 2 is 1.40 bits per heavy atom. The van der Waals surface area contributed by atoms with Gasteiger partial charge in [-0.25, -0.2) is 0 Å². The molecule has 0 bridgehead atoms. The minimum atomic E-state index is -0.199. The van der Waals surface area contributed by atoms with Crippen LogP contribution in [0.3, 0.4) is 0 Å². The molecule has 0 spiro atoms. The van der Waals surface area contributed by atoms with E-state index < -0.39 is 0 Å². The van der Waals surface area contributed by atoms with Crippen LogP contribution in [-0.2, 0) is 16.7 Å². The first-order chi connectivity index (χ1) is 21.9. The SMILES string of the molecule is C/C=C\COC(Nc1cccc(-c2ccc3c(c2)c2ccccc2n3C(C)(C)C)c1)C(CCc1ccccc1)c1ccccc1. The number of hydrogen-bond acceptors (Lipinski definition) is 2. The van der Waals surface area contributed by atoms with Gasteiger partial charge < -0.3 is 14.6 Å². The van der Waals surface area contributed by atoms with Crippen LogP contribution in [0.5, 0.6) is 0 Å². The Morgan fingerprint density at radius 3 is 2.16 bits per heavy atom. The highest BCUT2D eigenvalue weighted by molar-refractivity contribution is 6.09. The molecule has 6 rings (SSSR count). The summed E-state index contributed by atoms with van der Waals surface area (Å²) in [6.07, 6.45) is 5.87. The molecular weight excluding hydrogens is 548 g/mol. The van der Waals surface area contributed by atoms with Gasteiger partial charge in [0.2, 0.25) is 0 Å². The van der Waals surface area contributed by atoms with Crippen LogP contribution in [0, 0.1) is 0 Å². The number of aromatic nitrogens is 1. The molecule has 0 aliphatic carbocycles. The van der Waals surface area contributed by atoms with Gasteiger partial charge in [0.05, 0.1) is 6.61 Å². The van der Waals surface area contributed by atoms with Gasteiger partial charge in [0.15, 0.2) is 0 Å². The number of nitrogens with one attached hydrogen (secondary N) is 1. The lowest BCUT2D eigenvalue weighted by atomic mass is 9.90. The van der Waals surface area contributed by atoms with E-state index in [4.69, 9.17) is 4.74 Å². The number of aryl methyl sites for hydroxylation is 1. The molecular formula is C42H44N2O. The molecule has 228 valence electrons. The Kier molecular flexibility index (Phi) is 9.18. The second-order valence-electron chi connectivity index (χ2n) is 12.8. The van der Waals surface area contributed by atoms with E-state index in [1.807, 2.05) is 13.0 Å². The van der Waals surface area contributed by atoms with E-state index in [9.17, 15) is 0 Å². The van der Waals surface area contributed by atoms with E-state index >= 15 is 0 Å². The lowest BCUT2D eigenvalue weighted by Crippen LogP contribution is -2.31. The Hall–Kier alpha value is -4.60. The fourth-order valence-corrected chi connectivity index (χ4v) is 6.50. The van der Waals surface area contributed by atoms with Crippen LogP contribution in [0.25, 0.3) is 32.9 Å². The Morgan fingerprint density at radius 1 is 0.711 bits per heavy atom. The molecule has 0 radical (unpaired) electrons. The largest absolute Gasteiger partial charge is 0.360 e. The van der Waals surface area contributed by atoms with Crippen LogP contribution in [0.1, 0.15) is 51.2 Å². The van der Waals surface area contributed by atoms with Gasteiger partial charge in [0, 0.05) is 39.0 Å². The number of rotatable bonds is 11. The number of benzene rings is 5. The smallest absolute Gasteiger partial charge is 0.135 e. The first kappa shape index (κ1) is 30.4. The number of ether oxygens (including phenoxy) is 1. The molecule has 3 nitrogen and oxygen atoms in total. The number of hydrogen-bond donors (Lipinski definition) is 1. The molecule has 45 heavy (non-hydrogen) atoms. The zero-order valence-corrected chi connectivity index (χ0v) is 26.9. The van der Waals surface area contributed by atoms with E-state index in [1.165, 1.54) is 44.1 Å². The third kappa shape index (κ3) is 6.90. The zero-order valence-electron chi connectivity index (χ0n) is 26.9. The maximum atomic E-state index is 6.58. The summed E-state index contributed by atoms with van der Waals surface area (Å²) in [7, 11) is 0. The van der Waals surface area contributed by atoms with Crippen molar-refractivity contribution in [3.05, 3.63) is 151 Å². The lowest BCUT2D eigenvalue weighted by molar-refractivity contribution is 0.0712. The molecule has 0 saturated carbocycles. The van der Waals surface area contributed by atoms with Gasteiger partial charge in [-0.3, -0.25) is 0 Å². The van der Waals surface area contributed by atoms with Crippen molar-refractivity contribution in [2.75, 3.05) is 11.9 Å². The first-order valence-corrected chi connectivity index (χ1v) is 16.1. The fraction of sp³-hybridized carbons (Fsp3) is 0.238. The summed E-state index contributed by atoms with van der Waals surface area (Å²) < 4.78 is 9.04. The zero-order chi connectivity index (χ0) is 31.2. The van der Waals surface area contributed by atoms with Crippen LogP contribution in [0.15, 0.2) is 140 Å². The molecule has 5 aromatic carbocycles. The standard InChI is InChI=1S/C42H44N2O/c1-5-6-28-45-41(36(32-18-11-8-12-19-32)26-24-31-16-9-7-10-17-31)43-35-21-15-20-33(29-35)34-25-27-40-38(30-34)37-22-13-14-23-39(37)44(40)42(2,3)4/h5-23,25,27,29-30,36,41,43H,24,26,28H2,1-4H3/b6-5-. The van der Waals surface area contributed by atoms with E-state index in [0.717, 1.165) is 18.5 Å². The summed E-state index contributed by atoms with van der Waals surface area (Å²) in [6.45, 7) is 9.42. The van der Waals surface area contributed by atoms with Crippen molar-refractivity contribution >= 4 is 27.5 Å². The second kappa shape index (κ2) is 13.6. The molecule has 1 N–H and O–H groups in total. The molecule has 0 aliphatic rings. The Labute approximate surface area is 268 Å². The topological polar surface area (TPSA) is 26.2 Å². The van der Waals surface area contributed by atoms with Crippen molar-refractivity contribution in [2.45, 2.75) is 58.2 Å². The van der Waals surface area contributed by atoms with Gasteiger partial charge in [-0.05, 0) is 93.1 Å². The summed E-state index contributed by atoms with van der Waals surface area (Å²) >= 11 is 0. The van der Waals surface area contributed by atoms with Gasteiger partial charge in [-0.15, -0.1) is 0 Å². The van der Waals surface area contributed by atoms with E-state index in [1.54, 1.807) is 0 Å². The third-order valence-corrected chi connectivity index (χ3v) is 8.64. The lowest BCUT2D eigenvalue weighted by Gasteiger charge is -2.29. The Bertz CT molecular complexity index is 1880. The van der Waals surface area contributed by atoms with E-state index in [2.05, 4.69) is 164 Å². The number of para-hydroxylation sites is 1. The molecule has 2 atom stereocenters. The van der Waals surface area contributed by atoms with Crippen LogP contribution >= 0.6 is 0 Å². The van der Waals surface area contributed by atoms with Crippen molar-refractivity contribution < 1.29 is 4.74 Å². The van der Waals surface area contributed by atoms with Gasteiger partial charge in [-0.2, -0.15) is 0 Å². The highest BCUT2D eigenvalue weighted by Crippen LogP contribution is 2.37. The molecule has 0 fully saturated rings. The molecule has 1 heterocycles. The fourth-order valence-electron chi connectivity index (χ4n) is 6.50. The molecule has 1 aromatic heterocycles. The third-order valence-electron chi connectivity index (χ3n) is 8.64. The van der Waals surface area contributed by atoms with Crippen molar-refractivity contribution in [1.82, 2.24) is 4.57 Å². The van der Waals surface area contributed by atoms with Crippen LogP contribution in [-0.4, -0.2) is 17.4 Å². The van der Waals surface area contributed by atoms with E-state index in [-0.39, 0.29) is 17.7 Å². The first-order valence-electron chi connectivity index (χ1n) is 16.1. The Balaban J connectivity index is 1.34. The van der Waals surface area contributed by atoms with Crippen molar-refractivity contribution in [3.8, 4) is 11.1 Å². The van der Waals surface area contributed by atoms with Gasteiger partial charge >= 0.3 is 0 Å². The number of fused-ring (bicyclic) bond motifs is 3. The highest BCUT2D eigenvalue weighted by atomic mass is 16.5. The second-order valence-corrected chi connectivity index (χ2v) is 12.8. The van der Waals surface area contributed by atoms with Crippen molar-refractivity contribution in [3.63, 3.8) is 0 Å². The number of allylic oxidation sites excluding steroid dienone is 1. The summed E-state index contributed by atoms with van der Waals surface area (Å²) in [6, 6.07) is 45.9. The normalized spacial score (nSPS) is 13.4. The summed E-state index contributed by atoms with van der Waals surface area (Å²) in [5, 5.41) is 6.39. The molecule has 0 amide bonds. The average molecular weight is 593 g/mol. The van der Waals surface area contributed by atoms with Crippen LogP contribution in [0.2, 0.25) is 0 Å². The molecule has 0 saturated heterocycles. The van der Waals surface area contributed by atoms with Gasteiger partial charge in [0.25, 0.3) is 0 Å². The quantitative estimate of drug-likeness (QED) is 0.120. The predicted octanol–water partition coefficient (Wildman–Crippen LogP) is 11.0. The predicted molar refractivity (Wildman–Crippen MR) is 192 cm³/mol. The molecule has 3 heteroatoms. The molecule has 0 aliphatic heterocycles. The van der Waals surface area contributed by atoms with Crippen molar-refractivity contribution in [1.29, 1.82) is 0 Å². The summed E-state index contributed by atoms with van der Waals surface area (Å²) in [5.74, 6) is 0.167. The minimum Gasteiger partial charge on any atom is -0.360 e. The maximum absolute atomic E-state index is 6.58. The average Bonchev–Trinajstić information content (AvgIpc) is 3.40.